The summed E-state index contributed by atoms with van der Waals surface area (Å²) in [6.07, 6.45) is 0.0119. The van der Waals surface area contributed by atoms with E-state index < -0.39 is 5.97 Å². The van der Waals surface area contributed by atoms with E-state index in [2.05, 4.69) is 0 Å². The first-order valence-electron chi connectivity index (χ1n) is 6.30. The molecule has 19 heavy (non-hydrogen) atoms. The van der Waals surface area contributed by atoms with E-state index in [1.165, 1.54) is 0 Å². The molecule has 0 aliphatic carbocycles. The second kappa shape index (κ2) is 7.41. The van der Waals surface area contributed by atoms with Gasteiger partial charge in [-0.05, 0) is 19.1 Å². The highest BCUT2D eigenvalue weighted by Gasteiger charge is 2.15. The summed E-state index contributed by atoms with van der Waals surface area (Å²) in [5.41, 5.74) is 0.863. The number of carboxylic acids is 1. The minimum atomic E-state index is -0.864. The van der Waals surface area contributed by atoms with Gasteiger partial charge in [-0.15, -0.1) is 0 Å². The van der Waals surface area contributed by atoms with E-state index in [9.17, 15) is 9.59 Å². The van der Waals surface area contributed by atoms with Crippen LogP contribution >= 0.6 is 0 Å². The number of rotatable bonds is 7. The lowest BCUT2D eigenvalue weighted by Crippen LogP contribution is -2.39. The van der Waals surface area contributed by atoms with Gasteiger partial charge in [-0.2, -0.15) is 0 Å². The molecule has 0 saturated carbocycles. The Morgan fingerprint density at radius 2 is 1.84 bits per heavy atom. The average molecular weight is 264 g/mol. The third kappa shape index (κ3) is 4.99. The van der Waals surface area contributed by atoms with E-state index in [0.717, 1.165) is 5.69 Å². The zero-order valence-electron chi connectivity index (χ0n) is 11.4. The molecular weight excluding hydrogens is 244 g/mol. The lowest BCUT2D eigenvalue weighted by molar-refractivity contribution is -0.137. The summed E-state index contributed by atoms with van der Waals surface area (Å²) < 4.78 is 0. The molecule has 0 aliphatic rings. The molecule has 0 saturated heterocycles. The molecule has 0 spiro atoms. The maximum absolute atomic E-state index is 11.9. The van der Waals surface area contributed by atoms with Gasteiger partial charge in [-0.1, -0.05) is 18.2 Å². The van der Waals surface area contributed by atoms with Crippen molar-refractivity contribution in [2.24, 2.45) is 0 Å². The number of hydrogen-bond acceptors (Lipinski definition) is 3. The highest BCUT2D eigenvalue weighted by Crippen LogP contribution is 2.13. The first-order valence-corrected chi connectivity index (χ1v) is 6.30. The van der Waals surface area contributed by atoms with Gasteiger partial charge in [0.25, 0.3) is 0 Å². The Kier molecular flexibility index (Phi) is 5.85. The van der Waals surface area contributed by atoms with Gasteiger partial charge in [-0.3, -0.25) is 9.59 Å². The van der Waals surface area contributed by atoms with Crippen molar-refractivity contribution in [1.82, 2.24) is 4.90 Å². The predicted molar refractivity (Wildman–Crippen MR) is 74.2 cm³/mol. The van der Waals surface area contributed by atoms with Crippen LogP contribution in [0.4, 0.5) is 5.69 Å². The van der Waals surface area contributed by atoms with Crippen LogP contribution in [0.15, 0.2) is 30.3 Å². The largest absolute Gasteiger partial charge is 0.481 e. The van der Waals surface area contributed by atoms with Crippen LogP contribution in [-0.2, 0) is 9.59 Å². The van der Waals surface area contributed by atoms with Gasteiger partial charge < -0.3 is 14.9 Å². The summed E-state index contributed by atoms with van der Waals surface area (Å²) in [6, 6.07) is 9.38. The van der Waals surface area contributed by atoms with Crippen LogP contribution in [0.5, 0.6) is 0 Å². The van der Waals surface area contributed by atoms with Crippen LogP contribution in [0.2, 0.25) is 0 Å². The van der Waals surface area contributed by atoms with Gasteiger partial charge in [0.15, 0.2) is 0 Å². The monoisotopic (exact) mass is 264 g/mol. The number of anilines is 1. The van der Waals surface area contributed by atoms with Gasteiger partial charge >= 0.3 is 5.97 Å². The van der Waals surface area contributed by atoms with E-state index in [1.807, 2.05) is 37.3 Å². The third-order valence-electron chi connectivity index (χ3n) is 2.94. The average Bonchev–Trinajstić information content (AvgIpc) is 2.42. The van der Waals surface area contributed by atoms with Crippen molar-refractivity contribution in [3.05, 3.63) is 30.3 Å². The topological polar surface area (TPSA) is 60.9 Å². The zero-order chi connectivity index (χ0) is 14.3. The smallest absolute Gasteiger partial charge is 0.305 e. The normalized spacial score (nSPS) is 10.0. The molecule has 0 aromatic heterocycles. The van der Waals surface area contributed by atoms with E-state index in [0.29, 0.717) is 13.1 Å². The number of aliphatic carboxylic acids is 1. The Morgan fingerprint density at radius 1 is 1.21 bits per heavy atom. The van der Waals surface area contributed by atoms with Crippen LogP contribution in [0.25, 0.3) is 0 Å². The first kappa shape index (κ1) is 15.0. The standard InChI is InChI=1S/C14H20N2O3/c1-3-15(2)13(17)11-16(10-9-14(18)19)12-7-5-4-6-8-12/h4-8H,3,9-11H2,1-2H3,(H,18,19). The van der Waals surface area contributed by atoms with E-state index >= 15 is 0 Å². The molecule has 0 fully saturated rings. The summed E-state index contributed by atoms with van der Waals surface area (Å²) in [5.74, 6) is -0.881. The summed E-state index contributed by atoms with van der Waals surface area (Å²) in [4.78, 5) is 26.0. The van der Waals surface area contributed by atoms with Crippen LogP contribution in [0.3, 0.4) is 0 Å². The highest BCUT2D eigenvalue weighted by molar-refractivity contribution is 5.81. The number of hydrogen-bond donors (Lipinski definition) is 1. The maximum Gasteiger partial charge on any atom is 0.305 e. The number of nitrogens with zero attached hydrogens (tertiary/aromatic N) is 2. The Hall–Kier alpha value is -2.04. The minimum Gasteiger partial charge on any atom is -0.481 e. The van der Waals surface area contributed by atoms with Crippen LogP contribution in [0.1, 0.15) is 13.3 Å². The molecule has 0 aliphatic heterocycles. The van der Waals surface area contributed by atoms with Crippen LogP contribution in [-0.4, -0.2) is 48.6 Å². The summed E-state index contributed by atoms with van der Waals surface area (Å²) in [7, 11) is 1.74. The van der Waals surface area contributed by atoms with Gasteiger partial charge in [-0.25, -0.2) is 0 Å². The molecule has 1 aromatic rings. The Bertz CT molecular complexity index is 420. The lowest BCUT2D eigenvalue weighted by Gasteiger charge is -2.26. The molecule has 5 nitrogen and oxygen atoms in total. The fraction of sp³-hybridized carbons (Fsp3) is 0.429. The summed E-state index contributed by atoms with van der Waals surface area (Å²) in [6.45, 7) is 3.06. The lowest BCUT2D eigenvalue weighted by atomic mass is 10.2. The van der Waals surface area contributed by atoms with E-state index in [-0.39, 0.29) is 18.9 Å². The molecule has 104 valence electrons. The minimum absolute atomic E-state index is 0.0119. The Labute approximate surface area is 113 Å². The van der Waals surface area contributed by atoms with Crippen molar-refractivity contribution in [3.8, 4) is 0 Å². The number of carbonyl (C=O) groups is 2. The quantitative estimate of drug-likeness (QED) is 0.809. The SMILES string of the molecule is CCN(C)C(=O)CN(CCC(=O)O)c1ccccc1. The Balaban J connectivity index is 2.75. The molecule has 5 heteroatoms. The molecule has 0 atom stereocenters. The van der Waals surface area contributed by atoms with Gasteiger partial charge in [0.1, 0.15) is 0 Å². The number of benzene rings is 1. The highest BCUT2D eigenvalue weighted by atomic mass is 16.4. The number of amides is 1. The van der Waals surface area contributed by atoms with Crippen molar-refractivity contribution >= 4 is 17.6 Å². The molecule has 1 aromatic carbocycles. The van der Waals surface area contributed by atoms with Crippen molar-refractivity contribution in [1.29, 1.82) is 0 Å². The van der Waals surface area contributed by atoms with Crippen LogP contribution < -0.4 is 4.90 Å². The van der Waals surface area contributed by atoms with Gasteiger partial charge in [0.05, 0.1) is 13.0 Å². The molecule has 1 rings (SSSR count). The second-order valence-electron chi connectivity index (χ2n) is 4.31. The fourth-order valence-electron chi connectivity index (χ4n) is 1.63. The summed E-state index contributed by atoms with van der Waals surface area (Å²) >= 11 is 0. The molecule has 1 N–H and O–H groups in total. The van der Waals surface area contributed by atoms with Crippen molar-refractivity contribution in [2.75, 3.05) is 31.6 Å². The number of para-hydroxylation sites is 1. The molecular formula is C14H20N2O3. The van der Waals surface area contributed by atoms with Crippen LogP contribution in [0, 0.1) is 0 Å². The number of carboxylic acid groups (broad SMARTS) is 1. The van der Waals surface area contributed by atoms with Crippen molar-refractivity contribution < 1.29 is 14.7 Å². The van der Waals surface area contributed by atoms with Gasteiger partial charge in [0.2, 0.25) is 5.91 Å². The number of likely N-dealkylation sites (N-methyl/N-ethyl adjacent to an activating group) is 1. The van der Waals surface area contributed by atoms with Gasteiger partial charge in [0, 0.05) is 25.8 Å². The maximum atomic E-state index is 11.9. The van der Waals surface area contributed by atoms with E-state index in [4.69, 9.17) is 5.11 Å². The number of carbonyl (C=O) groups excluding carboxylic acids is 1. The molecule has 1 amide bonds. The molecule has 0 bridgehead atoms. The third-order valence-corrected chi connectivity index (χ3v) is 2.94. The van der Waals surface area contributed by atoms with Crippen molar-refractivity contribution in [2.45, 2.75) is 13.3 Å². The second-order valence-corrected chi connectivity index (χ2v) is 4.31. The summed E-state index contributed by atoms with van der Waals surface area (Å²) in [5, 5.41) is 8.78. The first-order chi connectivity index (χ1) is 9.04. The molecule has 0 heterocycles. The zero-order valence-corrected chi connectivity index (χ0v) is 11.4. The van der Waals surface area contributed by atoms with Crippen molar-refractivity contribution in [3.63, 3.8) is 0 Å². The molecule has 0 radical (unpaired) electrons. The predicted octanol–water partition coefficient (Wildman–Crippen LogP) is 1.45. The molecule has 0 unspecified atom stereocenters. The fourth-order valence-corrected chi connectivity index (χ4v) is 1.63. The van der Waals surface area contributed by atoms with E-state index in [1.54, 1.807) is 16.8 Å². The Morgan fingerprint density at radius 3 is 2.37 bits per heavy atom.